The molecule has 0 fully saturated rings. The summed E-state index contributed by atoms with van der Waals surface area (Å²) in [5, 5.41) is 0. The van der Waals surface area contributed by atoms with Gasteiger partial charge in [0.05, 0.1) is 11.4 Å². The van der Waals surface area contributed by atoms with Gasteiger partial charge >= 0.3 is 17.1 Å². The molecule has 4 rings (SSSR count). The van der Waals surface area contributed by atoms with E-state index in [1.807, 2.05) is 59.9 Å². The summed E-state index contributed by atoms with van der Waals surface area (Å²) < 4.78 is 4.08. The molecule has 0 atom stereocenters. The van der Waals surface area contributed by atoms with Crippen LogP contribution in [0, 0.1) is 0 Å². The molecule has 0 unspecified atom stereocenters. The van der Waals surface area contributed by atoms with Gasteiger partial charge in [0.15, 0.2) is 11.6 Å². The van der Waals surface area contributed by atoms with E-state index in [0.717, 1.165) is 34.4 Å². The van der Waals surface area contributed by atoms with Crippen molar-refractivity contribution < 1.29 is 17.1 Å². The average Bonchev–Trinajstić information content (AvgIpc) is 3.42. The molecule has 0 saturated carbocycles. The molecule has 4 aromatic rings. The predicted octanol–water partition coefficient (Wildman–Crippen LogP) is 3.38. The summed E-state index contributed by atoms with van der Waals surface area (Å²) in [6, 6.07) is 8.02. The van der Waals surface area contributed by atoms with Crippen LogP contribution in [0.1, 0.15) is 50.5 Å². The molecule has 0 amide bonds. The third-order valence-electron chi connectivity index (χ3n) is 5.62. The first kappa shape index (κ1) is 21.2. The number of aromatic nitrogens is 6. The quantitative estimate of drug-likeness (QED) is 0.449. The standard InChI is InChI=1S/C22H26N6.Cu/c1-21(2,15-9-7-11-23-15)17-13-27(5)19(25-17)20-26-18(14-28(20)6)22(3,4)16-10-8-12-24-16;/h7-14H,1-6H3;/q-2;+2. The van der Waals surface area contributed by atoms with Crippen molar-refractivity contribution >= 4 is 0 Å². The first-order valence-corrected chi connectivity index (χ1v) is 9.45. The summed E-state index contributed by atoms with van der Waals surface area (Å²) in [6.45, 7) is 8.59. The zero-order valence-corrected chi connectivity index (χ0v) is 18.5. The minimum absolute atomic E-state index is 0. The predicted molar refractivity (Wildman–Crippen MR) is 109 cm³/mol. The Morgan fingerprint density at radius 1 is 0.724 bits per heavy atom. The maximum Gasteiger partial charge on any atom is 2.00 e. The Kier molecular flexibility index (Phi) is 5.41. The van der Waals surface area contributed by atoms with Crippen LogP contribution >= 0.6 is 0 Å². The average molecular weight is 438 g/mol. The van der Waals surface area contributed by atoms with Crippen LogP contribution in [0.25, 0.3) is 11.6 Å². The van der Waals surface area contributed by atoms with E-state index in [9.17, 15) is 0 Å². The number of rotatable bonds is 5. The van der Waals surface area contributed by atoms with Crippen molar-refractivity contribution in [3.05, 3.63) is 71.8 Å². The first-order chi connectivity index (χ1) is 13.2. The zero-order chi connectivity index (χ0) is 20.1. The van der Waals surface area contributed by atoms with Crippen LogP contribution in [-0.2, 0) is 42.0 Å². The summed E-state index contributed by atoms with van der Waals surface area (Å²) in [4.78, 5) is 18.9. The summed E-state index contributed by atoms with van der Waals surface area (Å²) >= 11 is 0. The molecular formula is C22H26CuN6. The van der Waals surface area contributed by atoms with E-state index < -0.39 is 0 Å². The molecule has 0 N–H and O–H groups in total. The molecule has 4 aromatic heterocycles. The fourth-order valence-corrected chi connectivity index (χ4v) is 3.55. The van der Waals surface area contributed by atoms with Gasteiger partial charge in [0, 0.05) is 37.3 Å². The van der Waals surface area contributed by atoms with Crippen molar-refractivity contribution in [2.24, 2.45) is 14.1 Å². The molecule has 0 aliphatic carbocycles. The van der Waals surface area contributed by atoms with Gasteiger partial charge in [-0.25, -0.2) is 9.97 Å². The van der Waals surface area contributed by atoms with E-state index in [1.54, 1.807) is 0 Å². The summed E-state index contributed by atoms with van der Waals surface area (Å²) in [5.74, 6) is 1.68. The zero-order valence-electron chi connectivity index (χ0n) is 17.6. The molecule has 0 aliphatic rings. The van der Waals surface area contributed by atoms with Crippen molar-refractivity contribution in [2.45, 2.75) is 38.5 Å². The fourth-order valence-electron chi connectivity index (χ4n) is 3.55. The number of imidazole rings is 2. The van der Waals surface area contributed by atoms with E-state index in [1.165, 1.54) is 0 Å². The van der Waals surface area contributed by atoms with Gasteiger partial charge in [-0.05, 0) is 0 Å². The molecule has 0 saturated heterocycles. The van der Waals surface area contributed by atoms with Crippen molar-refractivity contribution in [1.82, 2.24) is 29.1 Å². The second kappa shape index (κ2) is 7.39. The van der Waals surface area contributed by atoms with Gasteiger partial charge in [-0.15, -0.1) is 11.4 Å². The van der Waals surface area contributed by atoms with Crippen LogP contribution < -0.4 is 9.97 Å². The molecule has 7 heteroatoms. The Hall–Kier alpha value is -2.50. The van der Waals surface area contributed by atoms with Crippen molar-refractivity contribution in [3.8, 4) is 11.6 Å². The Labute approximate surface area is 182 Å². The Bertz CT molecular complexity index is 992. The molecule has 29 heavy (non-hydrogen) atoms. The van der Waals surface area contributed by atoms with Crippen LogP contribution in [0.3, 0.4) is 0 Å². The molecule has 0 aromatic carbocycles. The van der Waals surface area contributed by atoms with E-state index in [0.29, 0.717) is 0 Å². The van der Waals surface area contributed by atoms with Crippen LogP contribution in [0.4, 0.5) is 0 Å². The molecule has 0 spiro atoms. The summed E-state index contributed by atoms with van der Waals surface area (Å²) in [6.07, 6.45) is 7.79. The largest absolute Gasteiger partial charge is 2.00 e. The van der Waals surface area contributed by atoms with Crippen LogP contribution in [0.15, 0.2) is 49.1 Å². The van der Waals surface area contributed by atoms with E-state index in [-0.39, 0.29) is 27.9 Å². The normalized spacial score (nSPS) is 12.2. The van der Waals surface area contributed by atoms with Crippen molar-refractivity contribution in [1.29, 1.82) is 0 Å². The minimum atomic E-state index is -0.272. The van der Waals surface area contributed by atoms with Gasteiger partial charge in [-0.2, -0.15) is 12.4 Å². The smallest absolute Gasteiger partial charge is 0.667 e. The second-order valence-electron chi connectivity index (χ2n) is 8.42. The van der Waals surface area contributed by atoms with Gasteiger partial charge < -0.3 is 19.1 Å². The number of hydrogen-bond acceptors (Lipinski definition) is 2. The monoisotopic (exact) mass is 437 g/mol. The summed E-state index contributed by atoms with van der Waals surface area (Å²) in [5.41, 5.74) is 3.44. The Morgan fingerprint density at radius 2 is 1.10 bits per heavy atom. The molecule has 155 valence electrons. The van der Waals surface area contributed by atoms with Crippen LogP contribution in [-0.4, -0.2) is 19.1 Å². The molecule has 4 heterocycles. The number of nitrogens with zero attached hydrogens (tertiary/aromatic N) is 6. The summed E-state index contributed by atoms with van der Waals surface area (Å²) in [7, 11) is 4.02. The SMILES string of the molecule is Cn1cc(C(C)(C)c2ccc[n-]2)nc1-c1nc(C(C)(C)c2ccc[n-]2)cn1C.[Cu+2]. The van der Waals surface area contributed by atoms with Crippen LogP contribution in [0.5, 0.6) is 0 Å². The molecule has 0 aliphatic heterocycles. The van der Waals surface area contributed by atoms with Crippen LogP contribution in [0.2, 0.25) is 0 Å². The van der Waals surface area contributed by atoms with Crippen molar-refractivity contribution in [2.75, 3.05) is 0 Å². The maximum absolute atomic E-state index is 4.95. The third kappa shape index (κ3) is 3.49. The van der Waals surface area contributed by atoms with E-state index in [2.05, 4.69) is 50.1 Å². The van der Waals surface area contributed by atoms with E-state index >= 15 is 0 Å². The number of aryl methyl sites for hydroxylation is 2. The van der Waals surface area contributed by atoms with Gasteiger partial charge in [0.25, 0.3) is 0 Å². The molecule has 0 bridgehead atoms. The molecule has 6 nitrogen and oxygen atoms in total. The maximum atomic E-state index is 4.95. The Morgan fingerprint density at radius 3 is 1.41 bits per heavy atom. The van der Waals surface area contributed by atoms with Gasteiger partial charge in [0.1, 0.15) is 0 Å². The first-order valence-electron chi connectivity index (χ1n) is 9.45. The molecule has 1 radical (unpaired) electrons. The van der Waals surface area contributed by atoms with Gasteiger partial charge in [-0.1, -0.05) is 52.0 Å². The number of hydrogen-bond donors (Lipinski definition) is 0. The Balaban J connectivity index is 0.00000240. The fraction of sp³-hybridized carbons (Fsp3) is 0.364. The topological polar surface area (TPSA) is 63.8 Å². The third-order valence-corrected chi connectivity index (χ3v) is 5.62. The second-order valence-corrected chi connectivity index (χ2v) is 8.42. The molecular weight excluding hydrogens is 412 g/mol. The van der Waals surface area contributed by atoms with Crippen molar-refractivity contribution in [3.63, 3.8) is 0 Å². The van der Waals surface area contributed by atoms with Gasteiger partial charge in [0.2, 0.25) is 0 Å². The van der Waals surface area contributed by atoms with Gasteiger partial charge in [-0.3, -0.25) is 0 Å². The van der Waals surface area contributed by atoms with E-state index in [4.69, 9.17) is 9.97 Å². The minimum Gasteiger partial charge on any atom is -0.667 e.